The highest BCUT2D eigenvalue weighted by atomic mass is 15.2. The standard InChI is InChI=1S/C27H30N8.C23H22N8/c1-2-9-28-15-18-13-20(17-29-16-18)19-6-7-22-21(14-19)24(34-33-22)26-31-23-8-10-30-27(25(23)32-26)35-11-4-3-5-12-35;24-16-10-15(12-25-13-16)14-4-5-18-17(11-14)20(30-29-18)22-27-19-6-7-26-23(21(19)28-22)31-8-2-1-3-9-31/h6-8,10,13-14,16-17,28H,2-5,9,11-12,15H2,1H3,(H,31,32)(H,33,34);4-7,10-13H,1-3,8-9,24H2,(H,27,28)(H,29,30). The monoisotopic (exact) mass is 876 g/mol. The first-order valence-electron chi connectivity index (χ1n) is 23.1. The van der Waals surface area contributed by atoms with Gasteiger partial charge in [0.2, 0.25) is 0 Å². The van der Waals surface area contributed by atoms with Crippen LogP contribution in [-0.4, -0.2) is 93.0 Å². The maximum Gasteiger partial charge on any atom is 0.159 e. The lowest BCUT2D eigenvalue weighted by Crippen LogP contribution is -2.30. The minimum absolute atomic E-state index is 0.639. The van der Waals surface area contributed by atoms with Gasteiger partial charge in [-0.3, -0.25) is 20.2 Å². The average Bonchev–Trinajstić information content (AvgIpc) is 4.19. The highest BCUT2D eigenvalue weighted by Crippen LogP contribution is 2.35. The molecule has 16 nitrogen and oxygen atoms in total. The zero-order valence-corrected chi connectivity index (χ0v) is 37.0. The third-order valence-corrected chi connectivity index (χ3v) is 12.6. The van der Waals surface area contributed by atoms with Crippen LogP contribution in [0, 0.1) is 0 Å². The number of nitrogens with one attached hydrogen (secondary N) is 5. The molecule has 66 heavy (non-hydrogen) atoms. The maximum atomic E-state index is 5.92. The minimum atomic E-state index is 0.639. The van der Waals surface area contributed by atoms with E-state index in [1.165, 1.54) is 44.1 Å². The van der Waals surface area contributed by atoms with Gasteiger partial charge in [-0.05, 0) is 117 Å². The normalized spacial score (nSPS) is 14.4. The Hall–Kier alpha value is -7.72. The fourth-order valence-electron chi connectivity index (χ4n) is 9.26. The number of H-pyrrole nitrogens is 4. The summed E-state index contributed by atoms with van der Waals surface area (Å²) >= 11 is 0. The highest BCUT2D eigenvalue weighted by Gasteiger charge is 2.22. The van der Waals surface area contributed by atoms with E-state index in [4.69, 9.17) is 15.7 Å². The lowest BCUT2D eigenvalue weighted by atomic mass is 10.0. The number of anilines is 3. The third-order valence-electron chi connectivity index (χ3n) is 12.6. The summed E-state index contributed by atoms with van der Waals surface area (Å²) in [6.45, 7) is 8.11. The average molecular weight is 877 g/mol. The molecule has 12 rings (SSSR count). The van der Waals surface area contributed by atoms with Gasteiger partial charge in [0, 0.05) is 91.8 Å². The predicted octanol–water partition coefficient (Wildman–Crippen LogP) is 9.19. The Morgan fingerprint density at radius 1 is 0.576 bits per heavy atom. The van der Waals surface area contributed by atoms with Crippen LogP contribution in [0.15, 0.2) is 97.8 Å². The van der Waals surface area contributed by atoms with Crippen molar-refractivity contribution in [2.45, 2.75) is 58.4 Å². The number of hydrogen-bond donors (Lipinski definition) is 6. The molecule has 2 aliphatic heterocycles. The number of hydrogen-bond acceptors (Lipinski definition) is 12. The smallest absolute Gasteiger partial charge is 0.159 e. The summed E-state index contributed by atoms with van der Waals surface area (Å²) in [5.74, 6) is 3.40. The molecule has 332 valence electrons. The summed E-state index contributed by atoms with van der Waals surface area (Å²) in [5, 5.41) is 21.0. The van der Waals surface area contributed by atoms with Crippen LogP contribution in [0.1, 0.15) is 57.4 Å². The van der Waals surface area contributed by atoms with Crippen LogP contribution < -0.4 is 20.9 Å². The van der Waals surface area contributed by atoms with Gasteiger partial charge in [0.05, 0.1) is 27.8 Å². The SMILES string of the molecule is CCCNCc1cncc(-c2ccc3[nH]nc(-c4nc5c(N6CCCCC6)nccc5[nH]4)c3c2)c1.Nc1cncc(-c2ccc3[nH]nc(-c4nc5c(N6CCCCC6)nccc5[nH]4)c3c2)c1. The molecule has 0 saturated carbocycles. The van der Waals surface area contributed by atoms with Gasteiger partial charge >= 0.3 is 0 Å². The van der Waals surface area contributed by atoms with E-state index in [2.05, 4.69) is 103 Å². The van der Waals surface area contributed by atoms with Crippen molar-refractivity contribution < 1.29 is 0 Å². The Morgan fingerprint density at radius 3 is 1.64 bits per heavy atom. The number of imidazole rings is 2. The van der Waals surface area contributed by atoms with Crippen molar-refractivity contribution in [3.8, 4) is 45.3 Å². The molecule has 2 aliphatic rings. The Bertz CT molecular complexity index is 3290. The molecule has 2 fully saturated rings. The van der Waals surface area contributed by atoms with E-state index in [-0.39, 0.29) is 0 Å². The van der Waals surface area contributed by atoms with Gasteiger partial charge < -0.3 is 30.8 Å². The molecule has 2 saturated heterocycles. The van der Waals surface area contributed by atoms with E-state index in [0.717, 1.165) is 146 Å². The molecule has 0 bridgehead atoms. The molecular formula is C50H52N16. The molecule has 0 unspecified atom stereocenters. The Kier molecular flexibility index (Phi) is 11.2. The molecule has 2 aromatic carbocycles. The second-order valence-corrected chi connectivity index (χ2v) is 17.3. The van der Waals surface area contributed by atoms with E-state index < -0.39 is 0 Å². The second-order valence-electron chi connectivity index (χ2n) is 17.3. The number of nitrogen functional groups attached to an aromatic ring is 1. The third kappa shape index (κ3) is 8.15. The summed E-state index contributed by atoms with van der Waals surface area (Å²) in [5.41, 5.74) is 19.2. The van der Waals surface area contributed by atoms with Gasteiger partial charge in [-0.1, -0.05) is 19.1 Å². The number of aromatic amines is 4. The summed E-state index contributed by atoms with van der Waals surface area (Å²) in [6.07, 6.45) is 19.5. The van der Waals surface area contributed by atoms with Crippen molar-refractivity contribution >= 4 is 61.2 Å². The number of nitrogens with two attached hydrogens (primary N) is 1. The largest absolute Gasteiger partial charge is 0.397 e. The Balaban J connectivity index is 0.000000147. The van der Waals surface area contributed by atoms with Crippen molar-refractivity contribution in [1.29, 1.82) is 0 Å². The molecule has 7 N–H and O–H groups in total. The zero-order chi connectivity index (χ0) is 44.4. The minimum Gasteiger partial charge on any atom is -0.397 e. The van der Waals surface area contributed by atoms with Gasteiger partial charge in [-0.25, -0.2) is 19.9 Å². The summed E-state index contributed by atoms with van der Waals surface area (Å²) in [6, 6.07) is 20.6. The summed E-state index contributed by atoms with van der Waals surface area (Å²) < 4.78 is 0. The van der Waals surface area contributed by atoms with Crippen molar-refractivity contribution in [1.82, 2.24) is 65.6 Å². The van der Waals surface area contributed by atoms with Crippen LogP contribution in [0.4, 0.5) is 17.3 Å². The second kappa shape index (κ2) is 18.0. The molecular weight excluding hydrogens is 825 g/mol. The molecule has 0 atom stereocenters. The molecule has 16 heteroatoms. The van der Waals surface area contributed by atoms with Crippen molar-refractivity contribution in [2.24, 2.45) is 0 Å². The van der Waals surface area contributed by atoms with Crippen LogP contribution in [0.3, 0.4) is 0 Å². The van der Waals surface area contributed by atoms with Gasteiger partial charge in [0.15, 0.2) is 23.3 Å². The van der Waals surface area contributed by atoms with E-state index in [1.807, 2.05) is 61.3 Å². The van der Waals surface area contributed by atoms with Crippen LogP contribution in [0.25, 0.3) is 89.2 Å². The molecule has 10 aromatic rings. The van der Waals surface area contributed by atoms with Gasteiger partial charge in [0.25, 0.3) is 0 Å². The van der Waals surface area contributed by atoms with E-state index in [1.54, 1.807) is 6.20 Å². The molecule has 0 amide bonds. The number of benzene rings is 2. The number of nitrogens with zero attached hydrogens (tertiary/aromatic N) is 10. The van der Waals surface area contributed by atoms with Crippen molar-refractivity contribution in [2.75, 3.05) is 48.3 Å². The fourth-order valence-corrected chi connectivity index (χ4v) is 9.26. The van der Waals surface area contributed by atoms with Crippen molar-refractivity contribution in [3.63, 3.8) is 0 Å². The fraction of sp³-hybridized carbons (Fsp3) is 0.280. The van der Waals surface area contributed by atoms with Crippen LogP contribution in [-0.2, 0) is 6.54 Å². The van der Waals surface area contributed by atoms with E-state index in [9.17, 15) is 0 Å². The van der Waals surface area contributed by atoms with Gasteiger partial charge in [-0.2, -0.15) is 10.2 Å². The lowest BCUT2D eigenvalue weighted by molar-refractivity contribution is 0.574. The molecule has 8 aromatic heterocycles. The number of aromatic nitrogens is 12. The van der Waals surface area contributed by atoms with Gasteiger partial charge in [-0.15, -0.1) is 0 Å². The van der Waals surface area contributed by atoms with E-state index in [0.29, 0.717) is 5.69 Å². The van der Waals surface area contributed by atoms with E-state index >= 15 is 0 Å². The van der Waals surface area contributed by atoms with Crippen molar-refractivity contribution in [3.05, 3.63) is 103 Å². The van der Waals surface area contributed by atoms with Crippen LogP contribution in [0.5, 0.6) is 0 Å². The number of fused-ring (bicyclic) bond motifs is 4. The molecule has 0 radical (unpaired) electrons. The first-order chi connectivity index (χ1) is 32.6. The Morgan fingerprint density at radius 2 is 1.11 bits per heavy atom. The topological polar surface area (TPSA) is 211 Å². The first-order valence-corrected chi connectivity index (χ1v) is 23.1. The quantitative estimate of drug-likeness (QED) is 0.0711. The number of piperidine rings is 2. The maximum absolute atomic E-state index is 5.92. The molecule has 0 aliphatic carbocycles. The van der Waals surface area contributed by atoms with Gasteiger partial charge in [0.1, 0.15) is 22.4 Å². The van der Waals surface area contributed by atoms with Crippen LogP contribution in [0.2, 0.25) is 0 Å². The summed E-state index contributed by atoms with van der Waals surface area (Å²) in [4.78, 5) is 39.5. The Labute approximate surface area is 380 Å². The predicted molar refractivity (Wildman–Crippen MR) is 263 cm³/mol. The molecule has 0 spiro atoms. The lowest BCUT2D eigenvalue weighted by Gasteiger charge is -2.27. The first kappa shape index (κ1) is 41.0. The summed E-state index contributed by atoms with van der Waals surface area (Å²) in [7, 11) is 0. The zero-order valence-electron chi connectivity index (χ0n) is 37.0. The molecule has 10 heterocycles. The van der Waals surface area contributed by atoms with Crippen LogP contribution >= 0.6 is 0 Å². The number of pyridine rings is 4. The number of rotatable bonds is 10. The highest BCUT2D eigenvalue weighted by molar-refractivity contribution is 5.98.